The van der Waals surface area contributed by atoms with Crippen LogP contribution < -0.4 is 0 Å². The van der Waals surface area contributed by atoms with Crippen LogP contribution in [0.3, 0.4) is 0 Å². The highest BCUT2D eigenvalue weighted by atomic mass is 16.4. The average molecular weight is 377 g/mol. The van der Waals surface area contributed by atoms with E-state index in [2.05, 4.69) is 43.4 Å². The maximum Gasteiger partial charge on any atom is 0.303 e. The maximum atomic E-state index is 10.4. The largest absolute Gasteiger partial charge is 0.481 e. The topological polar surface area (TPSA) is 37.3 Å². The first-order chi connectivity index (χ1) is 13.3. The predicted molar refractivity (Wildman–Crippen MR) is 119 cm³/mol. The minimum Gasteiger partial charge on any atom is -0.481 e. The third kappa shape index (κ3) is 24.7. The van der Waals surface area contributed by atoms with E-state index in [0.29, 0.717) is 6.42 Å². The van der Waals surface area contributed by atoms with Gasteiger partial charge in [-0.3, -0.25) is 4.79 Å². The molecule has 0 radical (unpaired) electrons. The van der Waals surface area contributed by atoms with Crippen LogP contribution in [0.5, 0.6) is 0 Å². The molecule has 0 atom stereocenters. The molecule has 0 fully saturated rings. The zero-order valence-corrected chi connectivity index (χ0v) is 17.8. The highest BCUT2D eigenvalue weighted by molar-refractivity contribution is 5.66. The second kappa shape index (κ2) is 22.7. The van der Waals surface area contributed by atoms with Crippen molar-refractivity contribution >= 4 is 5.97 Å². The monoisotopic (exact) mass is 376 g/mol. The molecule has 0 aliphatic carbocycles. The summed E-state index contributed by atoms with van der Waals surface area (Å²) in [5.74, 6) is -0.660. The van der Waals surface area contributed by atoms with Crippen molar-refractivity contribution in [2.75, 3.05) is 0 Å². The molecule has 27 heavy (non-hydrogen) atoms. The van der Waals surface area contributed by atoms with Gasteiger partial charge in [0.25, 0.3) is 0 Å². The Bertz CT molecular complexity index is 393. The maximum absolute atomic E-state index is 10.4. The quantitative estimate of drug-likeness (QED) is 0.171. The minimum atomic E-state index is -0.660. The van der Waals surface area contributed by atoms with Crippen LogP contribution in [-0.4, -0.2) is 11.1 Å². The van der Waals surface area contributed by atoms with Gasteiger partial charge in [0.15, 0.2) is 0 Å². The van der Waals surface area contributed by atoms with Gasteiger partial charge in [0.2, 0.25) is 0 Å². The summed E-state index contributed by atoms with van der Waals surface area (Å²) in [5, 5.41) is 8.57. The smallest absolute Gasteiger partial charge is 0.303 e. The molecule has 2 heteroatoms. The summed E-state index contributed by atoms with van der Waals surface area (Å²) in [6.45, 7) is 2.23. The van der Waals surface area contributed by atoms with Gasteiger partial charge in [0, 0.05) is 6.42 Å². The van der Waals surface area contributed by atoms with Crippen molar-refractivity contribution in [3.63, 3.8) is 0 Å². The molecule has 0 aliphatic heterocycles. The van der Waals surface area contributed by atoms with E-state index in [9.17, 15) is 4.79 Å². The van der Waals surface area contributed by atoms with Crippen molar-refractivity contribution in [1.29, 1.82) is 0 Å². The van der Waals surface area contributed by atoms with Crippen LogP contribution in [-0.2, 0) is 4.79 Å². The number of aliphatic carboxylic acids is 1. The summed E-state index contributed by atoms with van der Waals surface area (Å²) in [5.41, 5.74) is 0. The second-order valence-electron chi connectivity index (χ2n) is 7.50. The summed E-state index contributed by atoms with van der Waals surface area (Å²) in [4.78, 5) is 10.4. The van der Waals surface area contributed by atoms with Gasteiger partial charge in [-0.25, -0.2) is 0 Å². The number of carbonyl (C=O) groups is 1. The van der Waals surface area contributed by atoms with E-state index in [1.807, 2.05) is 0 Å². The van der Waals surface area contributed by atoms with Gasteiger partial charge in [-0.1, -0.05) is 108 Å². The second-order valence-corrected chi connectivity index (χ2v) is 7.50. The average Bonchev–Trinajstić information content (AvgIpc) is 2.65. The molecule has 0 aromatic heterocycles. The zero-order chi connectivity index (χ0) is 19.8. The molecular weight excluding hydrogens is 332 g/mol. The lowest BCUT2D eigenvalue weighted by atomic mass is 10.1. The third-order valence-corrected chi connectivity index (χ3v) is 4.78. The molecule has 0 bridgehead atoms. The van der Waals surface area contributed by atoms with E-state index in [-0.39, 0.29) is 0 Å². The van der Waals surface area contributed by atoms with Crippen molar-refractivity contribution in [2.24, 2.45) is 0 Å². The highest BCUT2D eigenvalue weighted by Gasteiger charge is 1.96. The van der Waals surface area contributed by atoms with Crippen LogP contribution in [0.4, 0.5) is 0 Å². The van der Waals surface area contributed by atoms with Gasteiger partial charge in [-0.2, -0.15) is 0 Å². The molecule has 0 spiro atoms. The molecule has 0 aromatic carbocycles. The fraction of sp³-hybridized carbons (Fsp3) is 0.720. The summed E-state index contributed by atoms with van der Waals surface area (Å²) >= 11 is 0. The van der Waals surface area contributed by atoms with Crippen LogP contribution in [0.25, 0.3) is 0 Å². The molecule has 0 aromatic rings. The lowest BCUT2D eigenvalue weighted by molar-refractivity contribution is -0.137. The van der Waals surface area contributed by atoms with Gasteiger partial charge in [0.05, 0.1) is 0 Å². The number of allylic oxidation sites excluding steroid dienone is 6. The Kier molecular flexibility index (Phi) is 21.6. The molecule has 0 saturated heterocycles. The SMILES string of the molecule is CCCCC=CCC=CCC=CCCCCCCCCCCCCC(=O)O. The van der Waals surface area contributed by atoms with Crippen molar-refractivity contribution in [3.8, 4) is 0 Å². The molecule has 1 N–H and O–H groups in total. The Balaban J connectivity index is 3.20. The summed E-state index contributed by atoms with van der Waals surface area (Å²) < 4.78 is 0. The van der Waals surface area contributed by atoms with Crippen molar-refractivity contribution < 1.29 is 9.90 Å². The fourth-order valence-electron chi connectivity index (χ4n) is 3.05. The van der Waals surface area contributed by atoms with E-state index in [1.54, 1.807) is 0 Å². The van der Waals surface area contributed by atoms with Crippen LogP contribution in [0.2, 0.25) is 0 Å². The van der Waals surface area contributed by atoms with Gasteiger partial charge in [0.1, 0.15) is 0 Å². The van der Waals surface area contributed by atoms with Crippen molar-refractivity contribution in [2.45, 2.75) is 116 Å². The first kappa shape index (κ1) is 25.7. The molecular formula is C25H44O2. The van der Waals surface area contributed by atoms with E-state index < -0.39 is 5.97 Å². The lowest BCUT2D eigenvalue weighted by Gasteiger charge is -2.01. The van der Waals surface area contributed by atoms with E-state index in [0.717, 1.165) is 25.7 Å². The van der Waals surface area contributed by atoms with Gasteiger partial charge in [-0.05, 0) is 38.5 Å². The molecule has 0 rings (SSSR count). The number of hydrogen-bond acceptors (Lipinski definition) is 1. The Morgan fingerprint density at radius 1 is 0.593 bits per heavy atom. The minimum absolute atomic E-state index is 0.335. The molecule has 0 aliphatic rings. The highest BCUT2D eigenvalue weighted by Crippen LogP contribution is 2.12. The van der Waals surface area contributed by atoms with E-state index >= 15 is 0 Å². The summed E-state index contributed by atoms with van der Waals surface area (Å²) in [6, 6.07) is 0. The van der Waals surface area contributed by atoms with Crippen molar-refractivity contribution in [1.82, 2.24) is 0 Å². The first-order valence-corrected chi connectivity index (χ1v) is 11.4. The van der Waals surface area contributed by atoms with Crippen LogP contribution in [0.1, 0.15) is 116 Å². The molecule has 0 unspecified atom stereocenters. The Morgan fingerprint density at radius 3 is 1.48 bits per heavy atom. The molecule has 0 heterocycles. The van der Waals surface area contributed by atoms with Gasteiger partial charge >= 0.3 is 5.97 Å². The normalized spacial score (nSPS) is 12.0. The summed E-state index contributed by atoms with van der Waals surface area (Å²) in [7, 11) is 0. The molecule has 0 saturated carbocycles. The van der Waals surface area contributed by atoms with Gasteiger partial charge in [-0.15, -0.1) is 0 Å². The first-order valence-electron chi connectivity index (χ1n) is 11.4. The molecule has 2 nitrogen and oxygen atoms in total. The predicted octanol–water partition coefficient (Wildman–Crippen LogP) is 8.39. The Hall–Kier alpha value is -1.31. The van der Waals surface area contributed by atoms with Crippen LogP contribution in [0.15, 0.2) is 36.5 Å². The number of rotatable bonds is 20. The van der Waals surface area contributed by atoms with Crippen LogP contribution in [0, 0.1) is 0 Å². The van der Waals surface area contributed by atoms with E-state index in [1.165, 1.54) is 77.0 Å². The fourth-order valence-corrected chi connectivity index (χ4v) is 3.05. The van der Waals surface area contributed by atoms with E-state index in [4.69, 9.17) is 5.11 Å². The van der Waals surface area contributed by atoms with Crippen molar-refractivity contribution in [3.05, 3.63) is 36.5 Å². The Labute approximate surface area is 168 Å². The lowest BCUT2D eigenvalue weighted by Crippen LogP contribution is -1.93. The third-order valence-electron chi connectivity index (χ3n) is 4.78. The Morgan fingerprint density at radius 2 is 1.00 bits per heavy atom. The number of unbranched alkanes of at least 4 members (excludes halogenated alkanes) is 12. The van der Waals surface area contributed by atoms with Crippen LogP contribution >= 0.6 is 0 Å². The number of carboxylic acids is 1. The summed E-state index contributed by atoms with van der Waals surface area (Å²) in [6.07, 6.45) is 33.6. The standard InChI is InChI=1S/C25H44O2/c1-2-3-4-5-6-7-8-9-10-11-12-13-14-15-16-17-18-19-20-21-22-23-24-25(26)27/h5-6,8-9,11-12H,2-4,7,10,13-24H2,1H3,(H,26,27). The molecule has 156 valence electrons. The number of carboxylic acid groups (broad SMARTS) is 1. The zero-order valence-electron chi connectivity index (χ0n) is 17.8. The molecule has 0 amide bonds. The number of hydrogen-bond donors (Lipinski definition) is 1. The van der Waals surface area contributed by atoms with Gasteiger partial charge < -0.3 is 5.11 Å².